The van der Waals surface area contributed by atoms with Gasteiger partial charge in [-0.3, -0.25) is 4.98 Å². The van der Waals surface area contributed by atoms with E-state index < -0.39 is 0 Å². The van der Waals surface area contributed by atoms with Crippen molar-refractivity contribution in [1.82, 2.24) is 4.98 Å². The van der Waals surface area contributed by atoms with Crippen molar-refractivity contribution in [2.24, 2.45) is 0 Å². The minimum atomic E-state index is 0.169. The number of hydrogen-bond donors (Lipinski definition) is 0. The molecule has 0 bridgehead atoms. The molecular formula is C26H25N. The molecule has 0 unspecified atom stereocenters. The van der Waals surface area contributed by atoms with Crippen molar-refractivity contribution in [1.29, 1.82) is 0 Å². The van der Waals surface area contributed by atoms with E-state index in [0.717, 1.165) is 5.52 Å². The Hall–Kier alpha value is -2.67. The minimum Gasteiger partial charge on any atom is -0.256 e. The Kier molecular flexibility index (Phi) is 3.31. The van der Waals surface area contributed by atoms with E-state index in [1.807, 2.05) is 6.20 Å². The highest BCUT2D eigenvalue weighted by molar-refractivity contribution is 6.13. The average molecular weight is 351 g/mol. The standard InChI is InChI=1S/C26H25N/c1-25(2)16-26(3,4)23-21-15-20(17-9-6-5-7-10-17)24-19(11-8-14-27-24)18(21)12-13-22(23)25/h5-15H,16H2,1-4H3. The largest absolute Gasteiger partial charge is 0.256 e. The normalized spacial score (nSPS) is 17.3. The molecule has 1 aromatic heterocycles. The van der Waals surface area contributed by atoms with Gasteiger partial charge in [0, 0.05) is 17.1 Å². The van der Waals surface area contributed by atoms with Crippen molar-refractivity contribution in [3.05, 3.63) is 78.0 Å². The van der Waals surface area contributed by atoms with E-state index in [4.69, 9.17) is 4.98 Å². The van der Waals surface area contributed by atoms with Crippen LogP contribution in [0.4, 0.5) is 0 Å². The number of aromatic nitrogens is 1. The van der Waals surface area contributed by atoms with E-state index >= 15 is 0 Å². The minimum absolute atomic E-state index is 0.169. The van der Waals surface area contributed by atoms with Crippen molar-refractivity contribution < 1.29 is 0 Å². The topological polar surface area (TPSA) is 12.9 Å². The molecule has 1 aliphatic rings. The fourth-order valence-corrected chi connectivity index (χ4v) is 5.47. The van der Waals surface area contributed by atoms with Gasteiger partial charge in [0.2, 0.25) is 0 Å². The molecule has 0 atom stereocenters. The maximum Gasteiger partial charge on any atom is 0.0786 e. The Morgan fingerprint density at radius 1 is 0.741 bits per heavy atom. The van der Waals surface area contributed by atoms with Crippen molar-refractivity contribution in [2.45, 2.75) is 44.9 Å². The highest BCUT2D eigenvalue weighted by Crippen LogP contribution is 2.52. The monoisotopic (exact) mass is 351 g/mol. The summed E-state index contributed by atoms with van der Waals surface area (Å²) in [7, 11) is 0. The fourth-order valence-electron chi connectivity index (χ4n) is 5.47. The molecule has 0 fully saturated rings. The third-order valence-electron chi connectivity index (χ3n) is 6.26. The second-order valence-corrected chi connectivity index (χ2v) is 9.22. The van der Waals surface area contributed by atoms with Gasteiger partial charge in [0.25, 0.3) is 0 Å². The predicted octanol–water partition coefficient (Wildman–Crippen LogP) is 7.01. The molecule has 134 valence electrons. The lowest BCUT2D eigenvalue weighted by Gasteiger charge is -2.23. The summed E-state index contributed by atoms with van der Waals surface area (Å²) in [5.74, 6) is 0. The summed E-state index contributed by atoms with van der Waals surface area (Å²) in [6.45, 7) is 9.56. The zero-order valence-electron chi connectivity index (χ0n) is 16.5. The van der Waals surface area contributed by atoms with Crippen LogP contribution in [0.3, 0.4) is 0 Å². The number of benzene rings is 3. The van der Waals surface area contributed by atoms with Crippen molar-refractivity contribution >= 4 is 21.7 Å². The van der Waals surface area contributed by atoms with E-state index in [-0.39, 0.29) is 10.8 Å². The zero-order valence-corrected chi connectivity index (χ0v) is 16.5. The third-order valence-corrected chi connectivity index (χ3v) is 6.26. The van der Waals surface area contributed by atoms with Crippen LogP contribution in [0.15, 0.2) is 66.9 Å². The van der Waals surface area contributed by atoms with E-state index in [2.05, 4.69) is 88.4 Å². The molecule has 0 saturated carbocycles. The van der Waals surface area contributed by atoms with Crippen molar-refractivity contribution in [2.75, 3.05) is 0 Å². The first-order valence-electron chi connectivity index (χ1n) is 9.79. The zero-order chi connectivity index (χ0) is 18.8. The van der Waals surface area contributed by atoms with Gasteiger partial charge in [-0.05, 0) is 56.8 Å². The van der Waals surface area contributed by atoms with Crippen LogP contribution in [-0.4, -0.2) is 4.98 Å². The van der Waals surface area contributed by atoms with Gasteiger partial charge in [0.05, 0.1) is 5.52 Å². The first kappa shape index (κ1) is 16.5. The Morgan fingerprint density at radius 3 is 2.30 bits per heavy atom. The molecule has 3 aromatic carbocycles. The first-order valence-corrected chi connectivity index (χ1v) is 9.79. The van der Waals surface area contributed by atoms with Crippen LogP contribution < -0.4 is 0 Å². The molecule has 0 amide bonds. The van der Waals surface area contributed by atoms with Crippen LogP contribution in [-0.2, 0) is 10.8 Å². The fraction of sp³-hybridized carbons (Fsp3) is 0.269. The number of rotatable bonds is 1. The van der Waals surface area contributed by atoms with Crippen molar-refractivity contribution in [3.63, 3.8) is 0 Å². The number of pyridine rings is 1. The molecule has 1 aliphatic carbocycles. The molecule has 0 spiro atoms. The summed E-state index contributed by atoms with van der Waals surface area (Å²) >= 11 is 0. The summed E-state index contributed by atoms with van der Waals surface area (Å²) in [5, 5.41) is 3.96. The molecule has 0 aliphatic heterocycles. The molecule has 1 heteroatoms. The van der Waals surface area contributed by atoms with Crippen LogP contribution in [0.5, 0.6) is 0 Å². The summed E-state index contributed by atoms with van der Waals surface area (Å²) in [6.07, 6.45) is 3.08. The van der Waals surface area contributed by atoms with E-state index in [0.29, 0.717) is 0 Å². The Balaban J connectivity index is 1.98. The van der Waals surface area contributed by atoms with E-state index in [1.165, 1.54) is 44.8 Å². The van der Waals surface area contributed by atoms with Gasteiger partial charge in [-0.25, -0.2) is 0 Å². The van der Waals surface area contributed by atoms with Crippen LogP contribution in [0.25, 0.3) is 32.8 Å². The number of fused-ring (bicyclic) bond motifs is 5. The molecule has 1 nitrogen and oxygen atoms in total. The number of nitrogens with zero attached hydrogens (tertiary/aromatic N) is 1. The third kappa shape index (κ3) is 2.34. The van der Waals surface area contributed by atoms with Crippen LogP contribution in [0.2, 0.25) is 0 Å². The highest BCUT2D eigenvalue weighted by Gasteiger charge is 2.42. The summed E-state index contributed by atoms with van der Waals surface area (Å²) in [4.78, 5) is 4.77. The van der Waals surface area contributed by atoms with Crippen LogP contribution in [0, 0.1) is 0 Å². The molecular weight excluding hydrogens is 326 g/mol. The first-order chi connectivity index (χ1) is 12.9. The second-order valence-electron chi connectivity index (χ2n) is 9.22. The molecule has 27 heavy (non-hydrogen) atoms. The van der Waals surface area contributed by atoms with Gasteiger partial charge in [0.1, 0.15) is 0 Å². The molecule has 4 aromatic rings. The summed E-state index contributed by atoms with van der Waals surface area (Å²) in [6, 6.07) is 22.0. The lowest BCUT2D eigenvalue weighted by Crippen LogP contribution is -2.18. The number of hydrogen-bond acceptors (Lipinski definition) is 1. The SMILES string of the molecule is CC1(C)CC(C)(C)c2c1ccc1c2cc(-c2ccccc2)c2ncccc21. The molecule has 5 rings (SSSR count). The average Bonchev–Trinajstić information content (AvgIpc) is 2.85. The van der Waals surface area contributed by atoms with Gasteiger partial charge in [-0.15, -0.1) is 0 Å². The van der Waals surface area contributed by atoms with Gasteiger partial charge in [0.15, 0.2) is 0 Å². The predicted molar refractivity (Wildman–Crippen MR) is 115 cm³/mol. The van der Waals surface area contributed by atoms with Crippen molar-refractivity contribution in [3.8, 4) is 11.1 Å². The van der Waals surface area contributed by atoms with E-state index in [1.54, 1.807) is 0 Å². The lowest BCUT2D eigenvalue weighted by molar-refractivity contribution is 0.404. The maximum absolute atomic E-state index is 4.77. The van der Waals surface area contributed by atoms with Crippen LogP contribution in [0.1, 0.15) is 45.2 Å². The molecule has 1 heterocycles. The second kappa shape index (κ2) is 5.42. The molecule has 0 radical (unpaired) electrons. The molecule has 0 N–H and O–H groups in total. The maximum atomic E-state index is 4.77. The smallest absolute Gasteiger partial charge is 0.0786 e. The summed E-state index contributed by atoms with van der Waals surface area (Å²) in [5.41, 5.74) is 6.95. The Morgan fingerprint density at radius 2 is 1.52 bits per heavy atom. The van der Waals surface area contributed by atoms with Gasteiger partial charge < -0.3 is 0 Å². The quantitative estimate of drug-likeness (QED) is 0.336. The van der Waals surface area contributed by atoms with Gasteiger partial charge in [-0.1, -0.05) is 76.2 Å². The van der Waals surface area contributed by atoms with Gasteiger partial charge in [-0.2, -0.15) is 0 Å². The molecule has 0 saturated heterocycles. The summed E-state index contributed by atoms with van der Waals surface area (Å²) < 4.78 is 0. The lowest BCUT2D eigenvalue weighted by atomic mass is 9.81. The van der Waals surface area contributed by atoms with Gasteiger partial charge >= 0.3 is 0 Å². The van der Waals surface area contributed by atoms with E-state index in [9.17, 15) is 0 Å². The Bertz CT molecular complexity index is 1180. The Labute approximate surface area is 161 Å². The van der Waals surface area contributed by atoms with Crippen LogP contribution >= 0.6 is 0 Å². The highest BCUT2D eigenvalue weighted by atomic mass is 14.7.